The van der Waals surface area contributed by atoms with Crippen LogP contribution in [0.5, 0.6) is 5.75 Å². The van der Waals surface area contributed by atoms with E-state index in [1.165, 1.54) is 0 Å². The van der Waals surface area contributed by atoms with Crippen LogP contribution in [0, 0.1) is 5.92 Å². The van der Waals surface area contributed by atoms with Gasteiger partial charge >= 0.3 is 0 Å². The summed E-state index contributed by atoms with van der Waals surface area (Å²) in [7, 11) is 0. The average molecular weight is 209 g/mol. The van der Waals surface area contributed by atoms with E-state index in [1.807, 2.05) is 24.3 Å². The zero-order valence-electron chi connectivity index (χ0n) is 9.15. The third kappa shape index (κ3) is 3.90. The normalized spacial score (nSPS) is 12.5. The number of hydrogen-bond donors (Lipinski definition) is 2. The van der Waals surface area contributed by atoms with Crippen molar-refractivity contribution in [2.24, 2.45) is 11.7 Å². The number of nitrogens with two attached hydrogens (primary N) is 1. The molecule has 0 spiro atoms. The molecule has 1 aromatic rings. The Morgan fingerprint density at radius 1 is 1.40 bits per heavy atom. The molecule has 0 fully saturated rings. The molecule has 0 radical (unpaired) electrons. The minimum atomic E-state index is 0.0424. The predicted molar refractivity (Wildman–Crippen MR) is 60.9 cm³/mol. The average Bonchev–Trinajstić information content (AvgIpc) is 2.28. The first-order valence-electron chi connectivity index (χ1n) is 5.29. The summed E-state index contributed by atoms with van der Waals surface area (Å²) in [5.74, 6) is 1.30. The van der Waals surface area contributed by atoms with Crippen LogP contribution >= 0.6 is 0 Å². The Balaban J connectivity index is 2.67. The van der Waals surface area contributed by atoms with Crippen LogP contribution in [0.4, 0.5) is 0 Å². The van der Waals surface area contributed by atoms with Gasteiger partial charge in [-0.05, 0) is 30.5 Å². The highest BCUT2D eigenvalue weighted by Gasteiger charge is 2.06. The lowest BCUT2D eigenvalue weighted by Crippen LogP contribution is -2.14. The van der Waals surface area contributed by atoms with Gasteiger partial charge in [0.1, 0.15) is 12.4 Å². The van der Waals surface area contributed by atoms with Crippen molar-refractivity contribution in [3.63, 3.8) is 0 Å². The first kappa shape index (κ1) is 12.0. The van der Waals surface area contributed by atoms with Gasteiger partial charge in [-0.15, -0.1) is 0 Å². The molecule has 84 valence electrons. The first-order chi connectivity index (χ1) is 7.27. The summed E-state index contributed by atoms with van der Waals surface area (Å²) in [5, 5.41) is 8.70. The van der Waals surface area contributed by atoms with Crippen LogP contribution in [0.3, 0.4) is 0 Å². The highest BCUT2D eigenvalue weighted by atomic mass is 16.5. The molecule has 3 heteroatoms. The minimum Gasteiger partial charge on any atom is -0.491 e. The molecule has 0 aliphatic heterocycles. The standard InChI is InChI=1S/C12H19NO2/c1-10(9-13)8-11-4-2-3-5-12(11)15-7-6-14/h2-5,10,14H,6-9,13H2,1H3. The zero-order valence-corrected chi connectivity index (χ0v) is 9.15. The molecule has 3 N–H and O–H groups in total. The number of aliphatic hydroxyl groups excluding tert-OH is 1. The molecule has 15 heavy (non-hydrogen) atoms. The van der Waals surface area contributed by atoms with Gasteiger partial charge < -0.3 is 15.6 Å². The Hall–Kier alpha value is -1.06. The Morgan fingerprint density at radius 2 is 2.13 bits per heavy atom. The van der Waals surface area contributed by atoms with Crippen molar-refractivity contribution in [1.29, 1.82) is 0 Å². The fraction of sp³-hybridized carbons (Fsp3) is 0.500. The van der Waals surface area contributed by atoms with E-state index in [0.29, 0.717) is 19.1 Å². The Labute approximate surface area is 90.9 Å². The summed E-state index contributed by atoms with van der Waals surface area (Å²) in [4.78, 5) is 0. The summed E-state index contributed by atoms with van der Waals surface area (Å²) >= 11 is 0. The van der Waals surface area contributed by atoms with Crippen molar-refractivity contribution in [3.8, 4) is 5.75 Å². The number of rotatable bonds is 6. The highest BCUT2D eigenvalue weighted by molar-refractivity contribution is 5.33. The summed E-state index contributed by atoms with van der Waals surface area (Å²) in [6.45, 7) is 3.17. The molecule has 1 unspecified atom stereocenters. The van der Waals surface area contributed by atoms with Gasteiger partial charge in [-0.3, -0.25) is 0 Å². The van der Waals surface area contributed by atoms with Crippen molar-refractivity contribution < 1.29 is 9.84 Å². The third-order valence-electron chi connectivity index (χ3n) is 2.29. The van der Waals surface area contributed by atoms with Crippen molar-refractivity contribution in [3.05, 3.63) is 29.8 Å². The zero-order chi connectivity index (χ0) is 11.1. The second-order valence-corrected chi connectivity index (χ2v) is 3.72. The van der Waals surface area contributed by atoms with Crippen LogP contribution < -0.4 is 10.5 Å². The molecule has 0 heterocycles. The van der Waals surface area contributed by atoms with Crippen molar-refractivity contribution in [2.45, 2.75) is 13.3 Å². The molecular weight excluding hydrogens is 190 g/mol. The number of hydrogen-bond acceptors (Lipinski definition) is 3. The van der Waals surface area contributed by atoms with Gasteiger partial charge in [0.05, 0.1) is 6.61 Å². The molecule has 1 rings (SSSR count). The van der Waals surface area contributed by atoms with Crippen LogP contribution in [-0.2, 0) is 6.42 Å². The maximum absolute atomic E-state index is 8.70. The molecule has 1 aromatic carbocycles. The van der Waals surface area contributed by atoms with Crippen LogP contribution in [0.25, 0.3) is 0 Å². The van der Waals surface area contributed by atoms with Gasteiger partial charge in [0.15, 0.2) is 0 Å². The lowest BCUT2D eigenvalue weighted by Gasteiger charge is -2.13. The van der Waals surface area contributed by atoms with Crippen LogP contribution in [0.15, 0.2) is 24.3 Å². The van der Waals surface area contributed by atoms with E-state index >= 15 is 0 Å². The topological polar surface area (TPSA) is 55.5 Å². The smallest absolute Gasteiger partial charge is 0.122 e. The summed E-state index contributed by atoms with van der Waals surface area (Å²) < 4.78 is 5.44. The molecule has 0 saturated heterocycles. The van der Waals surface area contributed by atoms with Gasteiger partial charge in [-0.25, -0.2) is 0 Å². The van der Waals surface area contributed by atoms with Crippen LogP contribution in [0.2, 0.25) is 0 Å². The first-order valence-corrected chi connectivity index (χ1v) is 5.29. The number of aliphatic hydroxyl groups is 1. The van der Waals surface area contributed by atoms with E-state index in [4.69, 9.17) is 15.6 Å². The molecular formula is C12H19NO2. The van der Waals surface area contributed by atoms with E-state index in [0.717, 1.165) is 17.7 Å². The van der Waals surface area contributed by atoms with Crippen LogP contribution in [0.1, 0.15) is 12.5 Å². The Bertz CT molecular complexity index is 289. The summed E-state index contributed by atoms with van der Waals surface area (Å²) in [6.07, 6.45) is 0.915. The molecule has 0 saturated carbocycles. The lowest BCUT2D eigenvalue weighted by molar-refractivity contribution is 0.200. The molecule has 0 aliphatic rings. The maximum Gasteiger partial charge on any atom is 0.122 e. The number of benzene rings is 1. The van der Waals surface area contributed by atoms with Crippen LogP contribution in [-0.4, -0.2) is 24.9 Å². The van der Waals surface area contributed by atoms with Gasteiger partial charge in [-0.2, -0.15) is 0 Å². The fourth-order valence-electron chi connectivity index (χ4n) is 1.43. The van der Waals surface area contributed by atoms with E-state index in [9.17, 15) is 0 Å². The van der Waals surface area contributed by atoms with E-state index in [1.54, 1.807) is 0 Å². The summed E-state index contributed by atoms with van der Waals surface area (Å²) in [5.41, 5.74) is 6.75. The monoisotopic (exact) mass is 209 g/mol. The van der Waals surface area contributed by atoms with Gasteiger partial charge in [0, 0.05) is 0 Å². The molecule has 0 bridgehead atoms. The maximum atomic E-state index is 8.70. The molecule has 0 amide bonds. The molecule has 3 nitrogen and oxygen atoms in total. The predicted octanol–water partition coefficient (Wildman–Crippen LogP) is 1.20. The fourth-order valence-corrected chi connectivity index (χ4v) is 1.43. The van der Waals surface area contributed by atoms with Crippen molar-refractivity contribution in [2.75, 3.05) is 19.8 Å². The molecule has 0 aromatic heterocycles. The highest BCUT2D eigenvalue weighted by Crippen LogP contribution is 2.20. The van der Waals surface area contributed by atoms with Crippen molar-refractivity contribution >= 4 is 0 Å². The summed E-state index contributed by atoms with van der Waals surface area (Å²) in [6, 6.07) is 7.89. The van der Waals surface area contributed by atoms with E-state index < -0.39 is 0 Å². The number of ether oxygens (including phenoxy) is 1. The second-order valence-electron chi connectivity index (χ2n) is 3.72. The Kier molecular flexibility index (Phi) is 5.15. The minimum absolute atomic E-state index is 0.0424. The second kappa shape index (κ2) is 6.43. The third-order valence-corrected chi connectivity index (χ3v) is 2.29. The van der Waals surface area contributed by atoms with E-state index in [-0.39, 0.29) is 6.61 Å². The van der Waals surface area contributed by atoms with E-state index in [2.05, 4.69) is 6.92 Å². The largest absolute Gasteiger partial charge is 0.491 e. The van der Waals surface area contributed by atoms with Gasteiger partial charge in [0.2, 0.25) is 0 Å². The number of para-hydroxylation sites is 1. The van der Waals surface area contributed by atoms with Gasteiger partial charge in [0.25, 0.3) is 0 Å². The Morgan fingerprint density at radius 3 is 2.80 bits per heavy atom. The molecule has 1 atom stereocenters. The van der Waals surface area contributed by atoms with Crippen molar-refractivity contribution in [1.82, 2.24) is 0 Å². The quantitative estimate of drug-likeness (QED) is 0.740. The SMILES string of the molecule is CC(CN)Cc1ccccc1OCCO. The lowest BCUT2D eigenvalue weighted by atomic mass is 10.0. The van der Waals surface area contributed by atoms with Gasteiger partial charge in [-0.1, -0.05) is 25.1 Å². The molecule has 0 aliphatic carbocycles.